The summed E-state index contributed by atoms with van der Waals surface area (Å²) >= 11 is 3.48. The SMILES string of the molecule is Cc1cc(Br)c2c(c1)C(C(=O)O)CC2. The number of hydrogen-bond acceptors (Lipinski definition) is 1. The average Bonchev–Trinajstić information content (AvgIpc) is 2.47. The summed E-state index contributed by atoms with van der Waals surface area (Å²) in [5.41, 5.74) is 3.27. The molecule has 2 nitrogen and oxygen atoms in total. The third-order valence-electron chi connectivity index (χ3n) is 2.73. The molecule has 14 heavy (non-hydrogen) atoms. The highest BCUT2D eigenvalue weighted by atomic mass is 79.9. The van der Waals surface area contributed by atoms with E-state index in [-0.39, 0.29) is 5.92 Å². The van der Waals surface area contributed by atoms with Gasteiger partial charge in [-0.2, -0.15) is 0 Å². The molecule has 0 radical (unpaired) electrons. The number of carbonyl (C=O) groups is 1. The van der Waals surface area contributed by atoms with Crippen molar-refractivity contribution in [2.45, 2.75) is 25.7 Å². The van der Waals surface area contributed by atoms with Crippen LogP contribution in [0, 0.1) is 6.92 Å². The number of hydrogen-bond donors (Lipinski definition) is 1. The van der Waals surface area contributed by atoms with E-state index in [2.05, 4.69) is 15.9 Å². The fourth-order valence-corrected chi connectivity index (χ4v) is 2.86. The first-order valence-corrected chi connectivity index (χ1v) is 5.40. The van der Waals surface area contributed by atoms with Crippen molar-refractivity contribution < 1.29 is 9.90 Å². The summed E-state index contributed by atoms with van der Waals surface area (Å²) in [6.07, 6.45) is 1.60. The molecule has 0 aromatic heterocycles. The normalized spacial score (nSPS) is 19.4. The molecule has 1 aromatic carbocycles. The van der Waals surface area contributed by atoms with Gasteiger partial charge in [0.1, 0.15) is 0 Å². The Balaban J connectivity index is 2.54. The second-order valence-corrected chi connectivity index (χ2v) is 4.60. The Hall–Kier alpha value is -0.830. The summed E-state index contributed by atoms with van der Waals surface area (Å²) < 4.78 is 1.05. The molecule has 0 heterocycles. The van der Waals surface area contributed by atoms with E-state index in [1.54, 1.807) is 0 Å². The molecule has 1 N–H and O–H groups in total. The van der Waals surface area contributed by atoms with Crippen molar-refractivity contribution in [3.8, 4) is 0 Å². The van der Waals surface area contributed by atoms with Gasteiger partial charge >= 0.3 is 5.97 Å². The van der Waals surface area contributed by atoms with Gasteiger partial charge in [0.2, 0.25) is 0 Å². The molecule has 0 amide bonds. The van der Waals surface area contributed by atoms with Crippen molar-refractivity contribution in [3.63, 3.8) is 0 Å². The van der Waals surface area contributed by atoms with Crippen LogP contribution in [0.25, 0.3) is 0 Å². The Morgan fingerprint density at radius 1 is 1.57 bits per heavy atom. The minimum Gasteiger partial charge on any atom is -0.481 e. The Bertz CT molecular complexity index is 399. The number of halogens is 1. The number of carboxylic acid groups (broad SMARTS) is 1. The monoisotopic (exact) mass is 254 g/mol. The standard InChI is InChI=1S/C11H11BrO2/c1-6-4-9-7(10(12)5-6)2-3-8(9)11(13)14/h4-5,8H,2-3H2,1H3,(H,13,14). The second kappa shape index (κ2) is 3.39. The predicted octanol–water partition coefficient (Wildman–Crippen LogP) is 2.87. The van der Waals surface area contributed by atoms with Crippen LogP contribution in [-0.2, 0) is 11.2 Å². The van der Waals surface area contributed by atoms with E-state index in [1.807, 2.05) is 19.1 Å². The first kappa shape index (κ1) is 9.71. The van der Waals surface area contributed by atoms with E-state index in [0.717, 1.165) is 28.4 Å². The van der Waals surface area contributed by atoms with Crippen LogP contribution in [0.5, 0.6) is 0 Å². The number of aryl methyl sites for hydroxylation is 1. The first-order chi connectivity index (χ1) is 6.59. The lowest BCUT2D eigenvalue weighted by molar-refractivity contribution is -0.138. The van der Waals surface area contributed by atoms with Gasteiger partial charge in [0, 0.05) is 4.47 Å². The molecule has 0 saturated heterocycles. The Kier molecular flexibility index (Phi) is 2.35. The van der Waals surface area contributed by atoms with Crippen LogP contribution >= 0.6 is 15.9 Å². The quantitative estimate of drug-likeness (QED) is 0.837. The van der Waals surface area contributed by atoms with Gasteiger partial charge in [-0.25, -0.2) is 0 Å². The van der Waals surface area contributed by atoms with Crippen molar-refractivity contribution in [2.24, 2.45) is 0 Å². The molecule has 0 spiro atoms. The molecule has 2 rings (SSSR count). The molecule has 74 valence electrons. The average molecular weight is 255 g/mol. The highest BCUT2D eigenvalue weighted by Gasteiger charge is 2.29. The number of aliphatic carboxylic acids is 1. The maximum Gasteiger partial charge on any atom is 0.310 e. The summed E-state index contributed by atoms with van der Waals surface area (Å²) in [5, 5.41) is 9.03. The van der Waals surface area contributed by atoms with E-state index >= 15 is 0 Å². The lowest BCUT2D eigenvalue weighted by Gasteiger charge is -2.08. The van der Waals surface area contributed by atoms with Gasteiger partial charge in [-0.3, -0.25) is 4.79 Å². The minimum atomic E-state index is -0.707. The summed E-state index contributed by atoms with van der Waals surface area (Å²) in [5.74, 6) is -1.01. The first-order valence-electron chi connectivity index (χ1n) is 4.61. The van der Waals surface area contributed by atoms with Crippen LogP contribution in [-0.4, -0.2) is 11.1 Å². The van der Waals surface area contributed by atoms with Crippen molar-refractivity contribution in [1.29, 1.82) is 0 Å². The molecular weight excluding hydrogens is 244 g/mol. The van der Waals surface area contributed by atoms with E-state index in [4.69, 9.17) is 5.11 Å². The number of rotatable bonds is 1. The summed E-state index contributed by atoms with van der Waals surface area (Å²) in [4.78, 5) is 11.0. The Labute approximate surface area is 91.1 Å². The molecule has 0 fully saturated rings. The third kappa shape index (κ3) is 1.46. The van der Waals surface area contributed by atoms with E-state index in [0.29, 0.717) is 0 Å². The minimum absolute atomic E-state index is 0.304. The molecule has 0 aliphatic heterocycles. The Morgan fingerprint density at radius 3 is 2.93 bits per heavy atom. The highest BCUT2D eigenvalue weighted by Crippen LogP contribution is 2.38. The molecule has 1 unspecified atom stereocenters. The van der Waals surface area contributed by atoms with Gasteiger partial charge in [0.15, 0.2) is 0 Å². The fourth-order valence-electron chi connectivity index (χ4n) is 2.07. The van der Waals surface area contributed by atoms with E-state index in [1.165, 1.54) is 5.56 Å². The van der Waals surface area contributed by atoms with Crippen LogP contribution in [0.2, 0.25) is 0 Å². The molecule has 1 aliphatic rings. The topological polar surface area (TPSA) is 37.3 Å². The molecule has 0 bridgehead atoms. The van der Waals surface area contributed by atoms with Gasteiger partial charge in [0.25, 0.3) is 0 Å². The molecule has 0 saturated carbocycles. The molecule has 1 aromatic rings. The van der Waals surface area contributed by atoms with Crippen LogP contribution in [0.1, 0.15) is 29.0 Å². The lowest BCUT2D eigenvalue weighted by atomic mass is 10.00. The van der Waals surface area contributed by atoms with Crippen molar-refractivity contribution in [1.82, 2.24) is 0 Å². The molecular formula is C11H11BrO2. The number of carboxylic acids is 1. The summed E-state index contributed by atoms with van der Waals surface area (Å²) in [6, 6.07) is 4.04. The van der Waals surface area contributed by atoms with Crippen molar-refractivity contribution in [2.75, 3.05) is 0 Å². The Morgan fingerprint density at radius 2 is 2.29 bits per heavy atom. The smallest absolute Gasteiger partial charge is 0.310 e. The molecule has 1 aliphatic carbocycles. The predicted molar refractivity (Wildman–Crippen MR) is 57.6 cm³/mol. The fraction of sp³-hybridized carbons (Fsp3) is 0.364. The van der Waals surface area contributed by atoms with Gasteiger partial charge < -0.3 is 5.11 Å². The largest absolute Gasteiger partial charge is 0.481 e. The maximum atomic E-state index is 11.0. The van der Waals surface area contributed by atoms with Gasteiger partial charge in [0.05, 0.1) is 5.92 Å². The lowest BCUT2D eigenvalue weighted by Crippen LogP contribution is -2.07. The van der Waals surface area contributed by atoms with Crippen LogP contribution in [0.15, 0.2) is 16.6 Å². The van der Waals surface area contributed by atoms with Crippen LogP contribution < -0.4 is 0 Å². The third-order valence-corrected chi connectivity index (χ3v) is 3.44. The molecule has 3 heteroatoms. The van der Waals surface area contributed by atoms with Gasteiger partial charge in [-0.15, -0.1) is 0 Å². The zero-order valence-electron chi connectivity index (χ0n) is 7.88. The van der Waals surface area contributed by atoms with E-state index in [9.17, 15) is 4.79 Å². The summed E-state index contributed by atoms with van der Waals surface area (Å²) in [6.45, 7) is 1.99. The van der Waals surface area contributed by atoms with Gasteiger partial charge in [-0.05, 0) is 42.5 Å². The van der Waals surface area contributed by atoms with Gasteiger partial charge in [-0.1, -0.05) is 22.0 Å². The van der Waals surface area contributed by atoms with Crippen molar-refractivity contribution >= 4 is 21.9 Å². The van der Waals surface area contributed by atoms with Crippen molar-refractivity contribution in [3.05, 3.63) is 33.3 Å². The molecule has 1 atom stereocenters. The zero-order valence-corrected chi connectivity index (χ0v) is 9.47. The second-order valence-electron chi connectivity index (χ2n) is 3.74. The maximum absolute atomic E-state index is 11.0. The number of benzene rings is 1. The van der Waals surface area contributed by atoms with Crippen LogP contribution in [0.3, 0.4) is 0 Å². The summed E-state index contributed by atoms with van der Waals surface area (Å²) in [7, 11) is 0. The van der Waals surface area contributed by atoms with Crippen LogP contribution in [0.4, 0.5) is 0 Å². The number of fused-ring (bicyclic) bond motifs is 1. The van der Waals surface area contributed by atoms with E-state index < -0.39 is 5.97 Å². The zero-order chi connectivity index (χ0) is 10.3. The highest BCUT2D eigenvalue weighted by molar-refractivity contribution is 9.10.